The first kappa shape index (κ1) is 23.4. The third-order valence-electron chi connectivity index (χ3n) is 7.10. The molecule has 2 N–H and O–H groups in total. The normalized spacial score (nSPS) is 17.3. The molecular formula is C25H32N8O2S. The minimum absolute atomic E-state index is 0.246. The molecule has 0 bridgehead atoms. The average molecular weight is 509 g/mol. The van der Waals surface area contributed by atoms with Crippen LogP contribution in [0.25, 0.3) is 27.6 Å². The summed E-state index contributed by atoms with van der Waals surface area (Å²) in [7, 11) is 1.65. The van der Waals surface area contributed by atoms with Crippen molar-refractivity contribution in [2.45, 2.75) is 51.6 Å². The summed E-state index contributed by atoms with van der Waals surface area (Å²) in [5, 5.41) is 18.3. The Kier molecular flexibility index (Phi) is 6.14. The Hall–Kier alpha value is -3.02. The third kappa shape index (κ3) is 4.14. The molecule has 4 aromatic rings. The van der Waals surface area contributed by atoms with Gasteiger partial charge in [-0.05, 0) is 31.7 Å². The first-order chi connectivity index (χ1) is 17.5. The van der Waals surface area contributed by atoms with Crippen LogP contribution in [0.5, 0.6) is 5.75 Å². The van der Waals surface area contributed by atoms with Crippen LogP contribution in [0.1, 0.15) is 43.9 Å². The minimum Gasteiger partial charge on any atom is -0.493 e. The number of ether oxygens (including phenoxy) is 2. The number of nitrogens with one attached hydrogen (secondary N) is 2. The Bertz CT molecular complexity index is 1360. The molecule has 0 aliphatic carbocycles. The van der Waals surface area contributed by atoms with Crippen LogP contribution in [-0.2, 0) is 4.74 Å². The maximum Gasteiger partial charge on any atom is 0.197 e. The first-order valence-electron chi connectivity index (χ1n) is 12.5. The van der Waals surface area contributed by atoms with Crippen LogP contribution in [0.3, 0.4) is 0 Å². The second kappa shape index (κ2) is 9.45. The number of anilines is 1. The number of piperidine rings is 1. The Morgan fingerprint density at radius 2 is 2.03 bits per heavy atom. The van der Waals surface area contributed by atoms with Crippen LogP contribution in [0.15, 0.2) is 18.6 Å². The van der Waals surface area contributed by atoms with Crippen LogP contribution in [0, 0.1) is 6.92 Å². The molecule has 36 heavy (non-hydrogen) atoms. The first-order valence-corrected chi connectivity index (χ1v) is 13.4. The fraction of sp³-hybridized carbons (Fsp3) is 0.520. The summed E-state index contributed by atoms with van der Waals surface area (Å²) < 4.78 is 12.6. The maximum absolute atomic E-state index is 5.58. The number of aryl methyl sites for hydroxylation is 1. The molecule has 10 nitrogen and oxygen atoms in total. The highest BCUT2D eigenvalue weighted by Gasteiger charge is 2.28. The van der Waals surface area contributed by atoms with E-state index in [1.54, 1.807) is 23.0 Å². The van der Waals surface area contributed by atoms with Crippen molar-refractivity contribution in [2.75, 3.05) is 38.3 Å². The van der Waals surface area contributed by atoms with E-state index in [4.69, 9.17) is 19.6 Å². The number of aromatic nitrogens is 6. The lowest BCUT2D eigenvalue weighted by Crippen LogP contribution is -2.53. The maximum atomic E-state index is 5.58. The van der Waals surface area contributed by atoms with E-state index < -0.39 is 0 Å². The van der Waals surface area contributed by atoms with Crippen LogP contribution in [0.2, 0.25) is 0 Å². The van der Waals surface area contributed by atoms with E-state index in [1.807, 2.05) is 12.3 Å². The van der Waals surface area contributed by atoms with Gasteiger partial charge in [0.05, 0.1) is 37.8 Å². The van der Waals surface area contributed by atoms with Gasteiger partial charge in [0.15, 0.2) is 11.4 Å². The van der Waals surface area contributed by atoms with Gasteiger partial charge in [-0.2, -0.15) is 10.2 Å². The SMILES string of the molecule is COc1cc(-c2[nH]nc(-c3nc(C)c(N4CCC(NC5COC5)CC4)s3)c2C(C)C)cn2ncnc12. The zero-order valence-electron chi connectivity index (χ0n) is 21.1. The van der Waals surface area contributed by atoms with Gasteiger partial charge in [0.25, 0.3) is 0 Å². The second-order valence-corrected chi connectivity index (χ2v) is 10.9. The lowest BCUT2D eigenvalue weighted by molar-refractivity contribution is -0.0111. The van der Waals surface area contributed by atoms with Gasteiger partial charge in [-0.1, -0.05) is 25.2 Å². The summed E-state index contributed by atoms with van der Waals surface area (Å²) in [6.07, 6.45) is 5.77. The molecule has 0 spiro atoms. The fourth-order valence-corrected chi connectivity index (χ4v) is 6.30. The highest BCUT2D eigenvalue weighted by atomic mass is 32.1. The van der Waals surface area contributed by atoms with Gasteiger partial charge in [0.1, 0.15) is 22.0 Å². The molecule has 0 amide bonds. The number of pyridine rings is 1. The topological polar surface area (TPSA) is 105 Å². The summed E-state index contributed by atoms with van der Waals surface area (Å²) in [5.41, 5.74) is 5.72. The largest absolute Gasteiger partial charge is 0.493 e. The summed E-state index contributed by atoms with van der Waals surface area (Å²) in [5.74, 6) is 0.919. The molecular weight excluding hydrogens is 476 g/mol. The Morgan fingerprint density at radius 3 is 2.72 bits per heavy atom. The highest BCUT2D eigenvalue weighted by Crippen LogP contribution is 2.41. The molecule has 4 aromatic heterocycles. The molecule has 0 saturated carbocycles. The number of thiazole rings is 1. The van der Waals surface area contributed by atoms with Gasteiger partial charge < -0.3 is 19.7 Å². The van der Waals surface area contributed by atoms with Crippen LogP contribution in [0.4, 0.5) is 5.00 Å². The number of aromatic amines is 1. The number of H-pyrrole nitrogens is 1. The molecule has 6 heterocycles. The van der Waals surface area contributed by atoms with Crippen molar-refractivity contribution in [3.8, 4) is 27.7 Å². The molecule has 0 unspecified atom stereocenters. The molecule has 0 atom stereocenters. The summed E-state index contributed by atoms with van der Waals surface area (Å²) >= 11 is 1.74. The molecule has 6 rings (SSSR count). The summed E-state index contributed by atoms with van der Waals surface area (Å²) in [6.45, 7) is 10.3. The zero-order chi connectivity index (χ0) is 24.8. The molecule has 0 aromatic carbocycles. The van der Waals surface area contributed by atoms with Gasteiger partial charge in [-0.15, -0.1) is 0 Å². The zero-order valence-corrected chi connectivity index (χ0v) is 21.9. The average Bonchev–Trinajstić information content (AvgIpc) is 3.59. The van der Waals surface area contributed by atoms with E-state index in [2.05, 4.69) is 46.2 Å². The quantitative estimate of drug-likeness (QED) is 0.390. The van der Waals surface area contributed by atoms with Crippen molar-refractivity contribution >= 4 is 22.0 Å². The number of nitrogens with zero attached hydrogens (tertiary/aromatic N) is 6. The van der Waals surface area contributed by atoms with Gasteiger partial charge in [0, 0.05) is 36.5 Å². The van der Waals surface area contributed by atoms with Crippen LogP contribution < -0.4 is 15.0 Å². The Labute approximate surface area is 214 Å². The molecule has 2 fully saturated rings. The monoisotopic (exact) mass is 508 g/mol. The molecule has 0 radical (unpaired) electrons. The number of rotatable bonds is 7. The van der Waals surface area contributed by atoms with E-state index in [9.17, 15) is 0 Å². The second-order valence-electron chi connectivity index (χ2n) is 9.91. The van der Waals surface area contributed by atoms with Crippen molar-refractivity contribution in [2.24, 2.45) is 0 Å². The molecule has 2 aliphatic rings. The molecule has 190 valence electrons. The standard InChI is InChI=1S/C25H32N8O2S/c1-14(2)20-21(16-9-19(34-4)23-26-13-27-33(23)10-16)30-31-22(20)24-28-15(3)25(36-24)32-7-5-17(6-8-32)29-18-11-35-12-18/h9-10,13-14,17-18,29H,5-8,11-12H2,1-4H3,(H,30,31). The number of methoxy groups -OCH3 is 1. The van der Waals surface area contributed by atoms with Gasteiger partial charge in [-0.3, -0.25) is 5.10 Å². The van der Waals surface area contributed by atoms with Crippen molar-refractivity contribution < 1.29 is 9.47 Å². The number of fused-ring (bicyclic) bond motifs is 1. The predicted octanol–water partition coefficient (Wildman–Crippen LogP) is 3.64. The molecule has 11 heteroatoms. The van der Waals surface area contributed by atoms with E-state index in [1.165, 1.54) is 11.3 Å². The molecule has 2 aliphatic heterocycles. The van der Waals surface area contributed by atoms with E-state index in [0.29, 0.717) is 23.5 Å². The van der Waals surface area contributed by atoms with Crippen LogP contribution in [-0.4, -0.2) is 75.3 Å². The van der Waals surface area contributed by atoms with E-state index in [0.717, 1.165) is 72.4 Å². The summed E-state index contributed by atoms with van der Waals surface area (Å²) in [6, 6.07) is 3.09. The van der Waals surface area contributed by atoms with Gasteiger partial charge >= 0.3 is 0 Å². The number of hydrogen-bond donors (Lipinski definition) is 2. The minimum atomic E-state index is 0.246. The Morgan fingerprint density at radius 1 is 1.22 bits per heavy atom. The van der Waals surface area contributed by atoms with Crippen molar-refractivity contribution in [3.63, 3.8) is 0 Å². The van der Waals surface area contributed by atoms with Crippen molar-refractivity contribution in [1.82, 2.24) is 35.1 Å². The summed E-state index contributed by atoms with van der Waals surface area (Å²) in [4.78, 5) is 11.8. The van der Waals surface area contributed by atoms with Crippen molar-refractivity contribution in [3.05, 3.63) is 29.8 Å². The molecule has 2 saturated heterocycles. The lowest BCUT2D eigenvalue weighted by atomic mass is 9.97. The third-order valence-corrected chi connectivity index (χ3v) is 8.32. The van der Waals surface area contributed by atoms with Gasteiger partial charge in [-0.25, -0.2) is 14.5 Å². The van der Waals surface area contributed by atoms with Crippen LogP contribution >= 0.6 is 11.3 Å². The Balaban J connectivity index is 1.29. The van der Waals surface area contributed by atoms with E-state index in [-0.39, 0.29) is 5.92 Å². The lowest BCUT2D eigenvalue weighted by Gasteiger charge is -2.37. The highest BCUT2D eigenvalue weighted by molar-refractivity contribution is 7.19. The predicted molar refractivity (Wildman–Crippen MR) is 140 cm³/mol. The fourth-order valence-electron chi connectivity index (χ4n) is 5.18. The van der Waals surface area contributed by atoms with Crippen molar-refractivity contribution in [1.29, 1.82) is 0 Å². The number of hydrogen-bond acceptors (Lipinski definition) is 9. The smallest absolute Gasteiger partial charge is 0.197 e. The van der Waals surface area contributed by atoms with Gasteiger partial charge in [0.2, 0.25) is 0 Å². The van der Waals surface area contributed by atoms with E-state index >= 15 is 0 Å².